The summed E-state index contributed by atoms with van der Waals surface area (Å²) >= 11 is 0. The molecule has 0 fully saturated rings. The van der Waals surface area contributed by atoms with Crippen molar-refractivity contribution < 1.29 is 4.39 Å². The van der Waals surface area contributed by atoms with Gasteiger partial charge >= 0.3 is 0 Å². The van der Waals surface area contributed by atoms with E-state index in [2.05, 4.69) is 5.18 Å². The molecule has 0 heterocycles. The topological polar surface area (TPSA) is 55.4 Å². The van der Waals surface area contributed by atoms with Gasteiger partial charge in [-0.2, -0.15) is 0 Å². The summed E-state index contributed by atoms with van der Waals surface area (Å²) in [6.45, 7) is 0. The van der Waals surface area contributed by atoms with Crippen LogP contribution in [0, 0.1) is 10.7 Å². The van der Waals surface area contributed by atoms with Gasteiger partial charge in [0.05, 0.1) is 5.69 Å². The smallest absolute Gasteiger partial charge is 0.175 e. The summed E-state index contributed by atoms with van der Waals surface area (Å²) < 4.78 is 12.6. The minimum atomic E-state index is -0.752. The summed E-state index contributed by atoms with van der Waals surface area (Å²) in [5.74, 6) is -0.752. The molecular weight excluding hydrogens is 135 g/mol. The van der Waals surface area contributed by atoms with E-state index >= 15 is 0 Å². The SMILES string of the molecule is Nc1cccc(N=O)c1F. The number of anilines is 1. The Balaban J connectivity index is 3.27. The minimum Gasteiger partial charge on any atom is -0.396 e. The largest absolute Gasteiger partial charge is 0.396 e. The van der Waals surface area contributed by atoms with E-state index < -0.39 is 5.82 Å². The first-order valence-electron chi connectivity index (χ1n) is 2.63. The Bertz CT molecular complexity index is 262. The zero-order valence-electron chi connectivity index (χ0n) is 5.04. The van der Waals surface area contributed by atoms with Gasteiger partial charge in [0, 0.05) is 0 Å². The Morgan fingerprint density at radius 1 is 1.50 bits per heavy atom. The highest BCUT2D eigenvalue weighted by Gasteiger charge is 2.03. The molecule has 0 aliphatic heterocycles. The fraction of sp³-hybridized carbons (Fsp3) is 0. The normalized spacial score (nSPS) is 9.30. The number of nitrogen functional groups attached to an aromatic ring is 1. The summed E-state index contributed by atoms with van der Waals surface area (Å²) in [7, 11) is 0. The molecule has 0 atom stereocenters. The van der Waals surface area contributed by atoms with Crippen LogP contribution in [0.25, 0.3) is 0 Å². The molecule has 0 aliphatic carbocycles. The Labute approximate surface area is 56.6 Å². The molecule has 0 saturated heterocycles. The number of hydrogen-bond acceptors (Lipinski definition) is 3. The molecule has 1 aromatic carbocycles. The molecule has 0 saturated carbocycles. The first-order valence-corrected chi connectivity index (χ1v) is 2.63. The van der Waals surface area contributed by atoms with E-state index in [1.54, 1.807) is 0 Å². The highest BCUT2D eigenvalue weighted by molar-refractivity contribution is 5.52. The van der Waals surface area contributed by atoms with Gasteiger partial charge in [-0.05, 0) is 17.3 Å². The van der Waals surface area contributed by atoms with Crippen LogP contribution in [0.1, 0.15) is 0 Å². The van der Waals surface area contributed by atoms with Gasteiger partial charge in [0.25, 0.3) is 0 Å². The van der Waals surface area contributed by atoms with Gasteiger partial charge in [0.15, 0.2) is 5.82 Å². The van der Waals surface area contributed by atoms with E-state index in [0.29, 0.717) is 0 Å². The molecule has 0 bridgehead atoms. The maximum Gasteiger partial charge on any atom is 0.175 e. The van der Waals surface area contributed by atoms with Gasteiger partial charge in [0.1, 0.15) is 5.69 Å². The average molecular weight is 140 g/mol. The molecule has 0 radical (unpaired) electrons. The van der Waals surface area contributed by atoms with Gasteiger partial charge in [-0.15, -0.1) is 4.91 Å². The van der Waals surface area contributed by atoms with Crippen molar-refractivity contribution in [3.05, 3.63) is 28.9 Å². The molecule has 2 N–H and O–H groups in total. The predicted octanol–water partition coefficient (Wildman–Crippen LogP) is 1.81. The fourth-order valence-corrected chi connectivity index (χ4v) is 0.608. The van der Waals surface area contributed by atoms with Gasteiger partial charge in [0.2, 0.25) is 0 Å². The second-order valence-electron chi connectivity index (χ2n) is 1.77. The Kier molecular flexibility index (Phi) is 1.62. The van der Waals surface area contributed by atoms with Crippen molar-refractivity contribution in [1.82, 2.24) is 0 Å². The predicted molar refractivity (Wildman–Crippen MR) is 36.3 cm³/mol. The lowest BCUT2D eigenvalue weighted by Gasteiger charge is -1.94. The third-order valence-electron chi connectivity index (χ3n) is 1.11. The van der Waals surface area contributed by atoms with Crippen LogP contribution in [0.2, 0.25) is 0 Å². The zero-order valence-corrected chi connectivity index (χ0v) is 5.04. The molecule has 0 aliphatic rings. The van der Waals surface area contributed by atoms with Crippen molar-refractivity contribution in [1.29, 1.82) is 0 Å². The highest BCUT2D eigenvalue weighted by atomic mass is 19.1. The lowest BCUT2D eigenvalue weighted by Crippen LogP contribution is -1.88. The van der Waals surface area contributed by atoms with E-state index in [9.17, 15) is 9.30 Å². The van der Waals surface area contributed by atoms with Gasteiger partial charge in [-0.25, -0.2) is 4.39 Å². The number of halogens is 1. The Morgan fingerprint density at radius 2 is 2.20 bits per heavy atom. The summed E-state index contributed by atoms with van der Waals surface area (Å²) in [5.41, 5.74) is 4.81. The van der Waals surface area contributed by atoms with E-state index in [0.717, 1.165) is 0 Å². The molecule has 0 unspecified atom stereocenters. The van der Waals surface area contributed by atoms with Gasteiger partial charge < -0.3 is 5.73 Å². The van der Waals surface area contributed by atoms with Gasteiger partial charge in [-0.1, -0.05) is 6.07 Å². The van der Waals surface area contributed by atoms with Crippen molar-refractivity contribution in [3.8, 4) is 0 Å². The molecule has 0 spiro atoms. The molecular formula is C6H5FN2O. The van der Waals surface area contributed by atoms with E-state index in [4.69, 9.17) is 5.73 Å². The molecule has 10 heavy (non-hydrogen) atoms. The van der Waals surface area contributed by atoms with Crippen molar-refractivity contribution >= 4 is 11.4 Å². The lowest BCUT2D eigenvalue weighted by atomic mass is 10.3. The number of benzene rings is 1. The maximum atomic E-state index is 12.6. The number of nitrogens with zero attached hydrogens (tertiary/aromatic N) is 1. The zero-order chi connectivity index (χ0) is 7.56. The van der Waals surface area contributed by atoms with Crippen molar-refractivity contribution in [3.63, 3.8) is 0 Å². The second kappa shape index (κ2) is 2.43. The number of nitroso groups, excluding NO2 is 1. The molecule has 1 aromatic rings. The summed E-state index contributed by atoms with van der Waals surface area (Å²) in [4.78, 5) is 9.83. The fourth-order valence-electron chi connectivity index (χ4n) is 0.608. The van der Waals surface area contributed by atoms with Crippen LogP contribution in [0.4, 0.5) is 15.8 Å². The van der Waals surface area contributed by atoms with Crippen LogP contribution < -0.4 is 5.73 Å². The van der Waals surface area contributed by atoms with Crippen LogP contribution in [0.3, 0.4) is 0 Å². The van der Waals surface area contributed by atoms with Crippen molar-refractivity contribution in [2.24, 2.45) is 5.18 Å². The van der Waals surface area contributed by atoms with Crippen LogP contribution in [-0.2, 0) is 0 Å². The van der Waals surface area contributed by atoms with Crippen LogP contribution in [-0.4, -0.2) is 0 Å². The summed E-state index contributed by atoms with van der Waals surface area (Å²) in [6, 6.07) is 4.10. The second-order valence-corrected chi connectivity index (χ2v) is 1.77. The monoisotopic (exact) mass is 140 g/mol. The van der Waals surface area contributed by atoms with Crippen LogP contribution in [0.5, 0.6) is 0 Å². The van der Waals surface area contributed by atoms with Gasteiger partial charge in [-0.3, -0.25) is 0 Å². The number of hydrogen-bond donors (Lipinski definition) is 1. The average Bonchev–Trinajstić information content (AvgIpc) is 1.95. The quantitative estimate of drug-likeness (QED) is 0.477. The van der Waals surface area contributed by atoms with Crippen molar-refractivity contribution in [2.45, 2.75) is 0 Å². The van der Waals surface area contributed by atoms with E-state index in [-0.39, 0.29) is 11.4 Å². The third-order valence-corrected chi connectivity index (χ3v) is 1.11. The summed E-state index contributed by atoms with van der Waals surface area (Å²) in [6.07, 6.45) is 0. The van der Waals surface area contributed by atoms with Crippen LogP contribution >= 0.6 is 0 Å². The third kappa shape index (κ3) is 0.953. The molecule has 3 nitrogen and oxygen atoms in total. The number of nitrogens with two attached hydrogens (primary N) is 1. The molecule has 0 amide bonds. The first kappa shape index (κ1) is 6.67. The maximum absolute atomic E-state index is 12.6. The Hall–Kier alpha value is -1.45. The molecule has 1 rings (SSSR count). The molecule has 4 heteroatoms. The lowest BCUT2D eigenvalue weighted by molar-refractivity contribution is 0.634. The Morgan fingerprint density at radius 3 is 2.70 bits per heavy atom. The molecule has 0 aromatic heterocycles. The first-order chi connectivity index (χ1) is 4.75. The molecule has 52 valence electrons. The van der Waals surface area contributed by atoms with Crippen molar-refractivity contribution in [2.75, 3.05) is 5.73 Å². The van der Waals surface area contributed by atoms with E-state index in [1.165, 1.54) is 18.2 Å². The standard InChI is InChI=1S/C6H5FN2O/c7-6-4(8)2-1-3-5(6)9-10/h1-3H,8H2. The minimum absolute atomic E-state index is 0.0582. The van der Waals surface area contributed by atoms with E-state index in [1.807, 2.05) is 0 Å². The highest BCUT2D eigenvalue weighted by Crippen LogP contribution is 2.21. The van der Waals surface area contributed by atoms with Crippen LogP contribution in [0.15, 0.2) is 23.4 Å². The summed E-state index contributed by atoms with van der Waals surface area (Å²) in [5, 5.41) is 2.43. The number of rotatable bonds is 1.